The van der Waals surface area contributed by atoms with Gasteiger partial charge in [-0.05, 0) is 43.0 Å². The van der Waals surface area contributed by atoms with E-state index in [1.807, 2.05) is 48.5 Å². The molecule has 0 spiro atoms. The molecule has 0 aliphatic carbocycles. The van der Waals surface area contributed by atoms with Crippen LogP contribution in [0, 0.1) is 0 Å². The first-order chi connectivity index (χ1) is 9.82. The van der Waals surface area contributed by atoms with Gasteiger partial charge in [0.15, 0.2) is 0 Å². The predicted octanol–water partition coefficient (Wildman–Crippen LogP) is 4.20. The van der Waals surface area contributed by atoms with Gasteiger partial charge >= 0.3 is 0 Å². The van der Waals surface area contributed by atoms with Crippen molar-refractivity contribution in [3.8, 4) is 0 Å². The number of rotatable bonds is 4. The Morgan fingerprint density at radius 2 is 1.48 bits per heavy atom. The fourth-order valence-corrected chi connectivity index (χ4v) is 4.06. The molecule has 0 radical (unpaired) electrons. The van der Waals surface area contributed by atoms with Gasteiger partial charge in [-0.15, -0.1) is 0 Å². The Bertz CT molecular complexity index is 654. The smallest absolute Gasteiger partial charge is 0.0856 e. The molecule has 1 N–H and O–H groups in total. The average molecular weight is 302 g/mol. The van der Waals surface area contributed by atoms with Crippen molar-refractivity contribution in [2.45, 2.75) is 49.0 Å². The lowest BCUT2D eigenvalue weighted by Gasteiger charge is -2.22. The average Bonchev–Trinajstić information content (AvgIpc) is 2.45. The largest absolute Gasteiger partial charge is 0.386 e. The molecule has 2 aromatic carbocycles. The molecule has 2 nitrogen and oxygen atoms in total. The summed E-state index contributed by atoms with van der Waals surface area (Å²) in [5.74, 6) is 0.305. The highest BCUT2D eigenvalue weighted by atomic mass is 32.2. The monoisotopic (exact) mass is 302 g/mol. The van der Waals surface area contributed by atoms with Gasteiger partial charge in [0, 0.05) is 9.79 Å². The van der Waals surface area contributed by atoms with Crippen molar-refractivity contribution in [3.63, 3.8) is 0 Å². The highest BCUT2D eigenvalue weighted by molar-refractivity contribution is 7.85. The van der Waals surface area contributed by atoms with E-state index in [1.54, 1.807) is 13.8 Å². The van der Waals surface area contributed by atoms with E-state index in [0.29, 0.717) is 16.4 Å². The van der Waals surface area contributed by atoms with E-state index >= 15 is 0 Å². The van der Waals surface area contributed by atoms with Crippen molar-refractivity contribution in [2.75, 3.05) is 0 Å². The Kier molecular flexibility index (Phi) is 4.64. The van der Waals surface area contributed by atoms with E-state index in [1.165, 1.54) is 0 Å². The lowest BCUT2D eigenvalue weighted by Crippen LogP contribution is -2.18. The van der Waals surface area contributed by atoms with Crippen LogP contribution in [-0.4, -0.2) is 9.32 Å². The minimum Gasteiger partial charge on any atom is -0.386 e. The van der Waals surface area contributed by atoms with E-state index in [0.717, 1.165) is 10.5 Å². The Hall–Kier alpha value is -1.45. The quantitative estimate of drug-likeness (QED) is 0.919. The van der Waals surface area contributed by atoms with Crippen molar-refractivity contribution in [2.24, 2.45) is 0 Å². The van der Waals surface area contributed by atoms with Crippen molar-refractivity contribution < 1.29 is 9.32 Å². The van der Waals surface area contributed by atoms with Gasteiger partial charge in [-0.2, -0.15) is 0 Å². The first-order valence-electron chi connectivity index (χ1n) is 7.15. The second-order valence-electron chi connectivity index (χ2n) is 6.02. The fourth-order valence-electron chi connectivity index (χ4n) is 2.38. The summed E-state index contributed by atoms with van der Waals surface area (Å²) in [5, 5.41) is 10.3. The van der Waals surface area contributed by atoms with Crippen molar-refractivity contribution in [3.05, 3.63) is 59.7 Å². The molecule has 2 rings (SSSR count). The van der Waals surface area contributed by atoms with E-state index < -0.39 is 16.4 Å². The molecule has 0 heterocycles. The van der Waals surface area contributed by atoms with Crippen molar-refractivity contribution in [1.29, 1.82) is 0 Å². The van der Waals surface area contributed by atoms with Gasteiger partial charge in [-0.25, -0.2) is 4.21 Å². The minimum absolute atomic E-state index is 0.305. The topological polar surface area (TPSA) is 37.3 Å². The van der Waals surface area contributed by atoms with Crippen LogP contribution in [0.2, 0.25) is 0 Å². The summed E-state index contributed by atoms with van der Waals surface area (Å²) in [4.78, 5) is 1.50. The molecular formula is C18H22O2S. The van der Waals surface area contributed by atoms with Crippen LogP contribution in [0.3, 0.4) is 0 Å². The van der Waals surface area contributed by atoms with E-state index in [2.05, 4.69) is 13.8 Å². The van der Waals surface area contributed by atoms with Gasteiger partial charge in [-0.3, -0.25) is 0 Å². The molecule has 0 amide bonds. The maximum atomic E-state index is 13.0. The molecule has 0 aliphatic heterocycles. The van der Waals surface area contributed by atoms with Gasteiger partial charge in [0.2, 0.25) is 0 Å². The Morgan fingerprint density at radius 3 is 2.05 bits per heavy atom. The summed E-state index contributed by atoms with van der Waals surface area (Å²) in [6, 6.07) is 15.2. The number of hydrogen-bond acceptors (Lipinski definition) is 2. The maximum absolute atomic E-state index is 13.0. The molecule has 0 fully saturated rings. The lowest BCUT2D eigenvalue weighted by atomic mass is 9.99. The third kappa shape index (κ3) is 3.42. The van der Waals surface area contributed by atoms with Crippen LogP contribution in [-0.2, 0) is 16.4 Å². The summed E-state index contributed by atoms with van der Waals surface area (Å²) in [6.45, 7) is 7.63. The van der Waals surface area contributed by atoms with Crippen LogP contribution in [0.15, 0.2) is 58.3 Å². The van der Waals surface area contributed by atoms with Gasteiger partial charge in [0.05, 0.1) is 16.4 Å². The van der Waals surface area contributed by atoms with Gasteiger partial charge < -0.3 is 5.11 Å². The zero-order valence-electron chi connectivity index (χ0n) is 13.0. The zero-order chi connectivity index (χ0) is 15.6. The number of hydrogen-bond donors (Lipinski definition) is 1. The molecule has 112 valence electrons. The third-order valence-corrected chi connectivity index (χ3v) is 5.01. The molecule has 0 aromatic heterocycles. The van der Waals surface area contributed by atoms with Crippen molar-refractivity contribution >= 4 is 10.8 Å². The SMILES string of the molecule is CC(C)c1ccccc1[S@](=O)c1ccccc1C(C)(C)O. The first-order valence-corrected chi connectivity index (χ1v) is 8.30. The van der Waals surface area contributed by atoms with Gasteiger partial charge in [-0.1, -0.05) is 50.2 Å². The molecule has 0 unspecified atom stereocenters. The molecule has 3 heteroatoms. The second kappa shape index (κ2) is 6.12. The van der Waals surface area contributed by atoms with E-state index in [4.69, 9.17) is 0 Å². The van der Waals surface area contributed by atoms with Crippen LogP contribution >= 0.6 is 0 Å². The summed E-state index contributed by atoms with van der Waals surface area (Å²) >= 11 is 0. The van der Waals surface area contributed by atoms with E-state index in [-0.39, 0.29) is 0 Å². The minimum atomic E-state index is -1.30. The molecule has 1 atom stereocenters. The maximum Gasteiger partial charge on any atom is 0.0856 e. The van der Waals surface area contributed by atoms with Crippen LogP contribution in [0.4, 0.5) is 0 Å². The standard InChI is InChI=1S/C18H22O2S/c1-13(2)14-9-5-7-11-16(14)21(20)17-12-8-6-10-15(17)18(3,4)19/h5-13,19H,1-4H3/t21-/m0/s1. The molecule has 0 saturated carbocycles. The highest BCUT2D eigenvalue weighted by Gasteiger charge is 2.24. The zero-order valence-corrected chi connectivity index (χ0v) is 13.8. The predicted molar refractivity (Wildman–Crippen MR) is 86.9 cm³/mol. The Morgan fingerprint density at radius 1 is 0.952 bits per heavy atom. The third-order valence-electron chi connectivity index (χ3n) is 3.49. The molecular weight excluding hydrogens is 280 g/mol. The Balaban J connectivity index is 2.57. The van der Waals surface area contributed by atoms with Gasteiger partial charge in [0.1, 0.15) is 0 Å². The second-order valence-corrected chi connectivity index (χ2v) is 7.43. The van der Waals surface area contributed by atoms with Crippen LogP contribution in [0.5, 0.6) is 0 Å². The summed E-state index contributed by atoms with van der Waals surface area (Å²) in [6.07, 6.45) is 0. The number of aliphatic hydroxyl groups is 1. The summed E-state index contributed by atoms with van der Waals surface area (Å²) in [5.41, 5.74) is 0.780. The van der Waals surface area contributed by atoms with Crippen molar-refractivity contribution in [1.82, 2.24) is 0 Å². The molecule has 2 aromatic rings. The van der Waals surface area contributed by atoms with E-state index in [9.17, 15) is 9.32 Å². The fraction of sp³-hybridized carbons (Fsp3) is 0.333. The van der Waals surface area contributed by atoms with Crippen LogP contribution < -0.4 is 0 Å². The van der Waals surface area contributed by atoms with Gasteiger partial charge in [0.25, 0.3) is 0 Å². The van der Waals surface area contributed by atoms with Crippen LogP contribution in [0.25, 0.3) is 0 Å². The van der Waals surface area contributed by atoms with Crippen LogP contribution in [0.1, 0.15) is 44.7 Å². The molecule has 0 saturated heterocycles. The molecule has 21 heavy (non-hydrogen) atoms. The highest BCUT2D eigenvalue weighted by Crippen LogP contribution is 2.31. The normalized spacial score (nSPS) is 13.4. The molecule has 0 bridgehead atoms. The summed E-state index contributed by atoms with van der Waals surface area (Å²) in [7, 11) is -1.30. The number of benzene rings is 2. The lowest BCUT2D eigenvalue weighted by molar-refractivity contribution is 0.0756. The molecule has 0 aliphatic rings. The summed E-state index contributed by atoms with van der Waals surface area (Å²) < 4.78 is 13.0. The first kappa shape index (κ1) is 15.9. The Labute approximate surface area is 129 Å².